The number of nitrogens with zero attached hydrogens (tertiary/aromatic N) is 3. The van der Waals surface area contributed by atoms with Crippen LogP contribution in [-0.2, 0) is 0 Å². The van der Waals surface area contributed by atoms with Crippen LogP contribution in [0.5, 0.6) is 0 Å². The van der Waals surface area contributed by atoms with Gasteiger partial charge in [-0.25, -0.2) is 4.98 Å². The van der Waals surface area contributed by atoms with Gasteiger partial charge in [0.2, 0.25) is 5.95 Å². The minimum absolute atomic E-state index is 0.622. The standard InChI is InChI=1S/C14H23IN4/c1-4-19(5-2)14-17-12(10-8-6-7-9-10)11(15)13(16-3)18-14/h10H,4-9H2,1-3H3,(H,16,17,18). The van der Waals surface area contributed by atoms with Crippen LogP contribution in [0.3, 0.4) is 0 Å². The molecule has 5 heteroatoms. The van der Waals surface area contributed by atoms with Crippen molar-refractivity contribution in [1.82, 2.24) is 9.97 Å². The number of anilines is 2. The Bertz CT molecular complexity index is 426. The molecule has 106 valence electrons. The van der Waals surface area contributed by atoms with E-state index in [1.807, 2.05) is 7.05 Å². The SMILES string of the molecule is CCN(CC)c1nc(NC)c(I)c(C2CCCC2)n1. The molecule has 2 rings (SSSR count). The maximum absolute atomic E-state index is 4.87. The molecule has 1 heterocycles. The molecule has 0 bridgehead atoms. The number of hydrogen-bond acceptors (Lipinski definition) is 4. The molecule has 0 aromatic carbocycles. The highest BCUT2D eigenvalue weighted by atomic mass is 127. The van der Waals surface area contributed by atoms with Gasteiger partial charge in [-0.05, 0) is 49.3 Å². The van der Waals surface area contributed by atoms with E-state index in [2.05, 4.69) is 51.6 Å². The lowest BCUT2D eigenvalue weighted by Crippen LogP contribution is -2.25. The van der Waals surface area contributed by atoms with E-state index in [1.165, 1.54) is 34.9 Å². The molecule has 1 aliphatic carbocycles. The molecule has 1 aliphatic rings. The Balaban J connectivity index is 2.42. The van der Waals surface area contributed by atoms with Gasteiger partial charge in [0.25, 0.3) is 0 Å². The summed E-state index contributed by atoms with van der Waals surface area (Å²) in [4.78, 5) is 11.8. The summed E-state index contributed by atoms with van der Waals surface area (Å²) in [6.45, 7) is 6.20. The molecule has 0 atom stereocenters. The first-order valence-electron chi connectivity index (χ1n) is 7.21. The van der Waals surface area contributed by atoms with E-state index in [0.29, 0.717) is 5.92 Å². The molecule has 0 unspecified atom stereocenters. The Morgan fingerprint density at radius 1 is 1.21 bits per heavy atom. The summed E-state index contributed by atoms with van der Waals surface area (Å²) in [5, 5.41) is 3.22. The van der Waals surface area contributed by atoms with Gasteiger partial charge in [0.05, 0.1) is 9.26 Å². The van der Waals surface area contributed by atoms with Crippen molar-refractivity contribution in [1.29, 1.82) is 0 Å². The summed E-state index contributed by atoms with van der Waals surface area (Å²) in [6.07, 6.45) is 5.21. The lowest BCUT2D eigenvalue weighted by Gasteiger charge is -2.22. The Labute approximate surface area is 129 Å². The third-order valence-electron chi connectivity index (χ3n) is 3.89. The van der Waals surface area contributed by atoms with Crippen LogP contribution in [0.25, 0.3) is 0 Å². The van der Waals surface area contributed by atoms with Gasteiger partial charge in [-0.1, -0.05) is 12.8 Å². The molecule has 1 aromatic rings. The Hall–Kier alpha value is -0.590. The van der Waals surface area contributed by atoms with Crippen molar-refractivity contribution in [2.45, 2.75) is 45.4 Å². The van der Waals surface area contributed by atoms with E-state index in [-0.39, 0.29) is 0 Å². The van der Waals surface area contributed by atoms with E-state index in [4.69, 9.17) is 4.98 Å². The Morgan fingerprint density at radius 3 is 2.37 bits per heavy atom. The van der Waals surface area contributed by atoms with Crippen molar-refractivity contribution in [3.05, 3.63) is 9.26 Å². The van der Waals surface area contributed by atoms with Crippen LogP contribution in [-0.4, -0.2) is 30.1 Å². The van der Waals surface area contributed by atoms with Crippen molar-refractivity contribution < 1.29 is 0 Å². The highest BCUT2D eigenvalue weighted by Gasteiger charge is 2.24. The minimum atomic E-state index is 0.622. The van der Waals surface area contributed by atoms with Gasteiger partial charge in [0, 0.05) is 26.1 Å². The van der Waals surface area contributed by atoms with E-state index >= 15 is 0 Å². The Kier molecular flexibility index (Phi) is 5.24. The van der Waals surface area contributed by atoms with Crippen LogP contribution in [0.1, 0.15) is 51.1 Å². The van der Waals surface area contributed by atoms with Crippen LogP contribution in [0.2, 0.25) is 0 Å². The number of halogens is 1. The largest absolute Gasteiger partial charge is 0.372 e. The van der Waals surface area contributed by atoms with Gasteiger partial charge in [-0.2, -0.15) is 4.98 Å². The van der Waals surface area contributed by atoms with E-state index in [9.17, 15) is 0 Å². The molecular weight excluding hydrogens is 351 g/mol. The van der Waals surface area contributed by atoms with Crippen molar-refractivity contribution in [3.63, 3.8) is 0 Å². The highest BCUT2D eigenvalue weighted by Crippen LogP contribution is 2.37. The summed E-state index contributed by atoms with van der Waals surface area (Å²) < 4.78 is 1.20. The second-order valence-electron chi connectivity index (χ2n) is 4.98. The van der Waals surface area contributed by atoms with Crippen LogP contribution < -0.4 is 10.2 Å². The monoisotopic (exact) mass is 374 g/mol. The molecular formula is C14H23IN4. The summed E-state index contributed by atoms with van der Waals surface area (Å²) in [7, 11) is 1.94. The predicted octanol–water partition coefficient (Wildman–Crippen LogP) is 3.63. The molecule has 1 aromatic heterocycles. The van der Waals surface area contributed by atoms with E-state index < -0.39 is 0 Å². The smallest absolute Gasteiger partial charge is 0.227 e. The topological polar surface area (TPSA) is 41.1 Å². The lowest BCUT2D eigenvalue weighted by atomic mass is 10.0. The summed E-state index contributed by atoms with van der Waals surface area (Å²) >= 11 is 2.39. The first kappa shape index (κ1) is 14.8. The predicted molar refractivity (Wildman–Crippen MR) is 89.1 cm³/mol. The molecule has 19 heavy (non-hydrogen) atoms. The van der Waals surface area contributed by atoms with Crippen molar-refractivity contribution >= 4 is 34.4 Å². The van der Waals surface area contributed by atoms with Gasteiger partial charge >= 0.3 is 0 Å². The first-order chi connectivity index (χ1) is 9.21. The average Bonchev–Trinajstić information content (AvgIpc) is 2.95. The molecule has 0 saturated heterocycles. The average molecular weight is 374 g/mol. The fourth-order valence-electron chi connectivity index (χ4n) is 2.74. The molecule has 0 spiro atoms. The third-order valence-corrected chi connectivity index (χ3v) is 4.95. The molecule has 1 fully saturated rings. The van der Waals surface area contributed by atoms with Crippen molar-refractivity contribution in [2.75, 3.05) is 30.4 Å². The second-order valence-corrected chi connectivity index (χ2v) is 6.05. The minimum Gasteiger partial charge on any atom is -0.372 e. The summed E-state index contributed by atoms with van der Waals surface area (Å²) in [6, 6.07) is 0. The lowest BCUT2D eigenvalue weighted by molar-refractivity contribution is 0.683. The number of rotatable bonds is 5. The van der Waals surface area contributed by atoms with Gasteiger partial charge in [-0.15, -0.1) is 0 Å². The number of aromatic nitrogens is 2. The van der Waals surface area contributed by atoms with Crippen molar-refractivity contribution in [2.24, 2.45) is 0 Å². The maximum Gasteiger partial charge on any atom is 0.227 e. The van der Waals surface area contributed by atoms with E-state index in [0.717, 1.165) is 24.9 Å². The molecule has 0 amide bonds. The van der Waals surface area contributed by atoms with Gasteiger partial charge < -0.3 is 10.2 Å². The van der Waals surface area contributed by atoms with E-state index in [1.54, 1.807) is 0 Å². The third kappa shape index (κ3) is 3.12. The van der Waals surface area contributed by atoms with Crippen LogP contribution in [0, 0.1) is 3.57 Å². The Morgan fingerprint density at radius 2 is 1.84 bits per heavy atom. The van der Waals surface area contributed by atoms with Crippen LogP contribution in [0.4, 0.5) is 11.8 Å². The fourth-order valence-corrected chi connectivity index (χ4v) is 3.69. The molecule has 0 radical (unpaired) electrons. The number of hydrogen-bond donors (Lipinski definition) is 1. The number of nitrogens with one attached hydrogen (secondary N) is 1. The molecule has 4 nitrogen and oxygen atoms in total. The van der Waals surface area contributed by atoms with Gasteiger partial charge in [0.15, 0.2) is 0 Å². The molecule has 1 saturated carbocycles. The van der Waals surface area contributed by atoms with Crippen molar-refractivity contribution in [3.8, 4) is 0 Å². The highest BCUT2D eigenvalue weighted by molar-refractivity contribution is 14.1. The summed E-state index contributed by atoms with van der Waals surface area (Å²) in [5.41, 5.74) is 1.25. The quantitative estimate of drug-likeness (QED) is 0.800. The van der Waals surface area contributed by atoms with Gasteiger partial charge in [-0.3, -0.25) is 0 Å². The normalized spacial score (nSPS) is 15.8. The van der Waals surface area contributed by atoms with Gasteiger partial charge in [0.1, 0.15) is 5.82 Å². The zero-order chi connectivity index (χ0) is 13.8. The second kappa shape index (κ2) is 6.72. The molecule has 1 N–H and O–H groups in total. The van der Waals surface area contributed by atoms with Crippen LogP contribution in [0.15, 0.2) is 0 Å². The zero-order valence-corrected chi connectivity index (χ0v) is 14.2. The fraction of sp³-hybridized carbons (Fsp3) is 0.714. The first-order valence-corrected chi connectivity index (χ1v) is 8.29. The molecule has 0 aliphatic heterocycles. The zero-order valence-electron chi connectivity index (χ0n) is 12.0. The summed E-state index contributed by atoms with van der Waals surface area (Å²) in [5.74, 6) is 2.47. The van der Waals surface area contributed by atoms with Crippen LogP contribution >= 0.6 is 22.6 Å². The maximum atomic E-state index is 4.87.